The van der Waals surface area contributed by atoms with Crippen LogP contribution in [0.5, 0.6) is 0 Å². The summed E-state index contributed by atoms with van der Waals surface area (Å²) in [5.41, 5.74) is 4.76. The quantitative estimate of drug-likeness (QED) is 0.724. The van der Waals surface area contributed by atoms with Gasteiger partial charge >= 0.3 is 0 Å². The number of imidazole rings is 1. The number of nitrogens with zero attached hydrogens (tertiary/aromatic N) is 3. The highest BCUT2D eigenvalue weighted by atomic mass is 16.3. The summed E-state index contributed by atoms with van der Waals surface area (Å²) in [6, 6.07) is 13.8. The normalized spacial score (nSPS) is 10.8. The zero-order valence-electron chi connectivity index (χ0n) is 14.4. The summed E-state index contributed by atoms with van der Waals surface area (Å²) < 4.78 is 1.93. The molecule has 0 saturated carbocycles. The molecule has 6 nitrogen and oxygen atoms in total. The summed E-state index contributed by atoms with van der Waals surface area (Å²) >= 11 is 0. The first-order chi connectivity index (χ1) is 12.1. The van der Waals surface area contributed by atoms with Crippen LogP contribution in [0.3, 0.4) is 0 Å². The van der Waals surface area contributed by atoms with Crippen molar-refractivity contribution in [1.29, 1.82) is 0 Å². The molecule has 25 heavy (non-hydrogen) atoms. The number of benzene rings is 2. The van der Waals surface area contributed by atoms with Gasteiger partial charge in [-0.3, -0.25) is 4.79 Å². The van der Waals surface area contributed by atoms with Gasteiger partial charge in [-0.05, 0) is 35.9 Å². The Bertz CT molecular complexity index is 869. The van der Waals surface area contributed by atoms with Crippen molar-refractivity contribution in [1.82, 2.24) is 14.5 Å². The van der Waals surface area contributed by atoms with Crippen LogP contribution in [0.2, 0.25) is 0 Å². The van der Waals surface area contributed by atoms with Crippen LogP contribution in [0.1, 0.15) is 5.56 Å². The zero-order chi connectivity index (χ0) is 17.8. The van der Waals surface area contributed by atoms with E-state index in [2.05, 4.69) is 10.3 Å². The van der Waals surface area contributed by atoms with Crippen LogP contribution >= 0.6 is 0 Å². The highest BCUT2D eigenvalue weighted by Crippen LogP contribution is 2.22. The number of nitrogens with one attached hydrogen (secondary N) is 1. The predicted molar refractivity (Wildman–Crippen MR) is 98.9 cm³/mol. The highest BCUT2D eigenvalue weighted by Gasteiger charge is 2.06. The average Bonchev–Trinajstić information content (AvgIpc) is 2.99. The van der Waals surface area contributed by atoms with Crippen molar-refractivity contribution in [3.8, 4) is 0 Å². The smallest absolute Gasteiger partial charge is 0.226 e. The molecular formula is C19H22N4O2. The van der Waals surface area contributed by atoms with E-state index in [1.807, 2.05) is 47.0 Å². The minimum Gasteiger partial charge on any atom is -0.395 e. The molecule has 0 saturated heterocycles. The Labute approximate surface area is 146 Å². The van der Waals surface area contributed by atoms with Gasteiger partial charge in [-0.2, -0.15) is 0 Å². The van der Waals surface area contributed by atoms with E-state index in [0.717, 1.165) is 28.0 Å². The molecule has 1 amide bonds. The number of hydrogen-bond acceptors (Lipinski definition) is 4. The SMILES string of the molecule is CN(C)C(=O)Cc1ccc(Nc2ccc3c(c2)ncn3CCO)cc1. The largest absolute Gasteiger partial charge is 0.395 e. The predicted octanol–water partition coefficient (Wildman–Crippen LogP) is 2.40. The van der Waals surface area contributed by atoms with Gasteiger partial charge in [0, 0.05) is 32.0 Å². The zero-order valence-corrected chi connectivity index (χ0v) is 14.4. The van der Waals surface area contributed by atoms with Crippen LogP contribution < -0.4 is 5.32 Å². The van der Waals surface area contributed by atoms with Crippen LogP contribution in [0, 0.1) is 0 Å². The lowest BCUT2D eigenvalue weighted by Gasteiger charge is -2.11. The Balaban J connectivity index is 1.71. The van der Waals surface area contributed by atoms with E-state index >= 15 is 0 Å². The molecule has 0 fully saturated rings. The standard InChI is InChI=1S/C19H22N4O2/c1-22(2)19(25)11-14-3-5-15(6-4-14)21-16-7-8-18-17(12-16)20-13-23(18)9-10-24/h3-8,12-13,21,24H,9-11H2,1-2H3. The van der Waals surface area contributed by atoms with E-state index in [1.54, 1.807) is 25.3 Å². The number of hydrogen-bond donors (Lipinski definition) is 2. The maximum absolute atomic E-state index is 11.7. The monoisotopic (exact) mass is 338 g/mol. The van der Waals surface area contributed by atoms with E-state index in [9.17, 15) is 4.79 Å². The minimum absolute atomic E-state index is 0.0876. The molecule has 0 radical (unpaired) electrons. The molecule has 2 N–H and O–H groups in total. The van der Waals surface area contributed by atoms with Crippen molar-refractivity contribution < 1.29 is 9.90 Å². The minimum atomic E-state index is 0.0876. The first-order valence-electron chi connectivity index (χ1n) is 8.18. The molecule has 0 aliphatic carbocycles. The maximum atomic E-state index is 11.7. The Morgan fingerprint density at radius 2 is 1.88 bits per heavy atom. The van der Waals surface area contributed by atoms with E-state index < -0.39 is 0 Å². The van der Waals surface area contributed by atoms with Gasteiger partial charge in [-0.1, -0.05) is 12.1 Å². The first-order valence-corrected chi connectivity index (χ1v) is 8.18. The van der Waals surface area contributed by atoms with Gasteiger partial charge in [0.25, 0.3) is 0 Å². The van der Waals surface area contributed by atoms with Crippen LogP contribution in [-0.2, 0) is 17.8 Å². The number of aliphatic hydroxyl groups is 1. The fourth-order valence-electron chi connectivity index (χ4n) is 2.63. The number of aliphatic hydroxyl groups excluding tert-OH is 1. The molecule has 3 aromatic rings. The highest BCUT2D eigenvalue weighted by molar-refractivity contribution is 5.81. The fourth-order valence-corrected chi connectivity index (χ4v) is 2.63. The van der Waals surface area contributed by atoms with Gasteiger partial charge in [0.05, 0.1) is 30.4 Å². The number of aromatic nitrogens is 2. The molecule has 0 spiro atoms. The molecule has 0 aliphatic rings. The van der Waals surface area contributed by atoms with Gasteiger partial charge < -0.3 is 19.9 Å². The van der Waals surface area contributed by atoms with Gasteiger partial charge in [-0.15, -0.1) is 0 Å². The van der Waals surface area contributed by atoms with E-state index in [1.165, 1.54) is 0 Å². The molecule has 1 heterocycles. The lowest BCUT2D eigenvalue weighted by Crippen LogP contribution is -2.23. The van der Waals surface area contributed by atoms with Crippen molar-refractivity contribution in [2.75, 3.05) is 26.0 Å². The third kappa shape index (κ3) is 3.97. The van der Waals surface area contributed by atoms with E-state index in [-0.39, 0.29) is 12.5 Å². The van der Waals surface area contributed by atoms with Crippen molar-refractivity contribution in [2.24, 2.45) is 0 Å². The molecule has 3 rings (SSSR count). The molecule has 2 aromatic carbocycles. The molecule has 6 heteroatoms. The molecule has 0 unspecified atom stereocenters. The second kappa shape index (κ2) is 7.36. The average molecular weight is 338 g/mol. The molecule has 0 bridgehead atoms. The van der Waals surface area contributed by atoms with Crippen molar-refractivity contribution in [3.63, 3.8) is 0 Å². The van der Waals surface area contributed by atoms with Crippen LogP contribution in [0.15, 0.2) is 48.8 Å². The number of anilines is 2. The Kier molecular flexibility index (Phi) is 5.00. The molecule has 1 aromatic heterocycles. The second-order valence-corrected chi connectivity index (χ2v) is 6.15. The Morgan fingerprint density at radius 3 is 2.56 bits per heavy atom. The molecule has 0 aliphatic heterocycles. The van der Waals surface area contributed by atoms with Crippen molar-refractivity contribution >= 4 is 28.3 Å². The van der Waals surface area contributed by atoms with Gasteiger partial charge in [0.1, 0.15) is 0 Å². The number of amides is 1. The van der Waals surface area contributed by atoms with Crippen LogP contribution in [0.4, 0.5) is 11.4 Å². The van der Waals surface area contributed by atoms with Crippen molar-refractivity contribution in [3.05, 3.63) is 54.4 Å². The Hall–Kier alpha value is -2.86. The molecule has 0 atom stereocenters. The lowest BCUT2D eigenvalue weighted by molar-refractivity contribution is -0.127. The summed E-state index contributed by atoms with van der Waals surface area (Å²) in [6.07, 6.45) is 2.14. The summed E-state index contributed by atoms with van der Waals surface area (Å²) in [6.45, 7) is 0.630. The molecular weight excluding hydrogens is 316 g/mol. The third-order valence-corrected chi connectivity index (χ3v) is 4.06. The van der Waals surface area contributed by atoms with Gasteiger partial charge in [0.2, 0.25) is 5.91 Å². The topological polar surface area (TPSA) is 70.4 Å². The van der Waals surface area contributed by atoms with Crippen LogP contribution in [-0.4, -0.2) is 46.2 Å². The maximum Gasteiger partial charge on any atom is 0.226 e. The second-order valence-electron chi connectivity index (χ2n) is 6.15. The fraction of sp³-hybridized carbons (Fsp3) is 0.263. The summed E-state index contributed by atoms with van der Waals surface area (Å²) in [7, 11) is 3.52. The number of carbonyl (C=O) groups is 1. The number of carbonyl (C=O) groups excluding carboxylic acids is 1. The number of likely N-dealkylation sites (N-methyl/N-ethyl adjacent to an activating group) is 1. The number of fused-ring (bicyclic) bond motifs is 1. The third-order valence-electron chi connectivity index (χ3n) is 4.06. The van der Waals surface area contributed by atoms with E-state index in [0.29, 0.717) is 13.0 Å². The van der Waals surface area contributed by atoms with E-state index in [4.69, 9.17) is 5.11 Å². The first kappa shape index (κ1) is 17.0. The number of rotatable bonds is 6. The summed E-state index contributed by atoms with van der Waals surface area (Å²) in [5, 5.41) is 12.4. The summed E-state index contributed by atoms with van der Waals surface area (Å²) in [4.78, 5) is 17.7. The Morgan fingerprint density at radius 1 is 1.16 bits per heavy atom. The summed E-state index contributed by atoms with van der Waals surface area (Å²) in [5.74, 6) is 0.0876. The molecule has 130 valence electrons. The van der Waals surface area contributed by atoms with Gasteiger partial charge in [-0.25, -0.2) is 4.98 Å². The van der Waals surface area contributed by atoms with Crippen LogP contribution in [0.25, 0.3) is 11.0 Å². The lowest BCUT2D eigenvalue weighted by atomic mass is 10.1. The van der Waals surface area contributed by atoms with Gasteiger partial charge in [0.15, 0.2) is 0 Å². The van der Waals surface area contributed by atoms with Crippen molar-refractivity contribution in [2.45, 2.75) is 13.0 Å².